The highest BCUT2D eigenvalue weighted by molar-refractivity contribution is 14.0. The zero-order valence-corrected chi connectivity index (χ0v) is 16.5. The second-order valence-corrected chi connectivity index (χ2v) is 5.45. The molecule has 6 heteroatoms. The molecular weight excluding hydrogens is 439 g/mol. The maximum atomic E-state index is 5.95. The van der Waals surface area contributed by atoms with E-state index in [2.05, 4.69) is 15.3 Å². The molecule has 5 nitrogen and oxygen atoms in total. The summed E-state index contributed by atoms with van der Waals surface area (Å²) < 4.78 is 5.81. The number of ether oxygens (including phenoxy) is 1. The zero-order valence-electron chi connectivity index (χ0n) is 14.2. The van der Waals surface area contributed by atoms with E-state index in [9.17, 15) is 0 Å². The molecule has 0 aliphatic carbocycles. The number of rotatable bonds is 6. The molecule has 0 unspecified atom stereocenters. The Kier molecular flexibility index (Phi) is 7.88. The first-order valence-electron chi connectivity index (χ1n) is 8.08. The van der Waals surface area contributed by atoms with E-state index in [1.54, 1.807) is 6.20 Å². The van der Waals surface area contributed by atoms with Crippen molar-refractivity contribution in [2.24, 2.45) is 10.7 Å². The molecule has 0 radical (unpaired) electrons. The lowest BCUT2D eigenvalue weighted by Gasteiger charge is -2.09. The second-order valence-electron chi connectivity index (χ2n) is 5.45. The Morgan fingerprint density at radius 3 is 2.58 bits per heavy atom. The Morgan fingerprint density at radius 1 is 1.00 bits per heavy atom. The fraction of sp³-hybridized carbons (Fsp3) is 0.100. The number of para-hydroxylation sites is 1. The molecule has 0 aliphatic rings. The van der Waals surface area contributed by atoms with Crippen LogP contribution in [0.3, 0.4) is 0 Å². The molecule has 0 saturated heterocycles. The van der Waals surface area contributed by atoms with E-state index in [4.69, 9.17) is 10.5 Å². The van der Waals surface area contributed by atoms with E-state index in [1.165, 1.54) is 0 Å². The van der Waals surface area contributed by atoms with Crippen LogP contribution in [0.5, 0.6) is 11.5 Å². The summed E-state index contributed by atoms with van der Waals surface area (Å²) in [5, 5.41) is 3.09. The average Bonchev–Trinajstić information content (AvgIpc) is 2.64. The van der Waals surface area contributed by atoms with Crippen LogP contribution in [-0.4, -0.2) is 17.5 Å². The Bertz CT molecular complexity index is 825. The lowest BCUT2D eigenvalue weighted by molar-refractivity contribution is 0.483. The summed E-state index contributed by atoms with van der Waals surface area (Å²) in [6.45, 7) is 0.602. The molecule has 3 N–H and O–H groups in total. The number of hydrogen-bond acceptors (Lipinski definition) is 3. The molecule has 0 aliphatic heterocycles. The minimum Gasteiger partial charge on any atom is -0.457 e. The lowest BCUT2D eigenvalue weighted by atomic mass is 10.2. The summed E-state index contributed by atoms with van der Waals surface area (Å²) in [5.74, 6) is 1.90. The van der Waals surface area contributed by atoms with Gasteiger partial charge in [-0.1, -0.05) is 30.3 Å². The smallest absolute Gasteiger partial charge is 0.193 e. The normalized spacial score (nSPS) is 10.7. The van der Waals surface area contributed by atoms with E-state index in [-0.39, 0.29) is 24.0 Å². The van der Waals surface area contributed by atoms with E-state index in [0.29, 0.717) is 12.5 Å². The van der Waals surface area contributed by atoms with Gasteiger partial charge in [-0.3, -0.25) is 9.98 Å². The van der Waals surface area contributed by atoms with Crippen LogP contribution in [0.1, 0.15) is 5.56 Å². The highest BCUT2D eigenvalue weighted by atomic mass is 127. The number of nitrogens with one attached hydrogen (secondary N) is 1. The summed E-state index contributed by atoms with van der Waals surface area (Å²) in [5.41, 5.74) is 7.92. The molecule has 2 aromatic carbocycles. The summed E-state index contributed by atoms with van der Waals surface area (Å²) in [6.07, 6.45) is 4.39. The Hall–Kier alpha value is -2.61. The number of anilines is 1. The first-order chi connectivity index (χ1) is 12.3. The zero-order chi connectivity index (χ0) is 17.3. The number of pyridine rings is 1. The van der Waals surface area contributed by atoms with Gasteiger partial charge >= 0.3 is 0 Å². The predicted molar refractivity (Wildman–Crippen MR) is 116 cm³/mol. The first-order valence-corrected chi connectivity index (χ1v) is 8.08. The molecule has 134 valence electrons. The summed E-state index contributed by atoms with van der Waals surface area (Å²) >= 11 is 0. The van der Waals surface area contributed by atoms with Crippen LogP contribution in [0.2, 0.25) is 0 Å². The molecular formula is C20H21IN4O. The Morgan fingerprint density at radius 2 is 1.81 bits per heavy atom. The van der Waals surface area contributed by atoms with Crippen LogP contribution < -0.4 is 15.8 Å². The maximum absolute atomic E-state index is 5.95. The van der Waals surface area contributed by atoms with Crippen LogP contribution in [0.15, 0.2) is 84.1 Å². The number of aliphatic imine (C=N–C) groups is 1. The van der Waals surface area contributed by atoms with Crippen molar-refractivity contribution in [2.45, 2.75) is 6.42 Å². The molecule has 0 bridgehead atoms. The van der Waals surface area contributed by atoms with E-state index >= 15 is 0 Å². The van der Waals surface area contributed by atoms with Crippen LogP contribution >= 0.6 is 24.0 Å². The first kappa shape index (κ1) is 19.7. The van der Waals surface area contributed by atoms with Gasteiger partial charge in [0.2, 0.25) is 0 Å². The fourth-order valence-electron chi connectivity index (χ4n) is 2.30. The predicted octanol–water partition coefficient (Wildman–Crippen LogP) is 4.46. The summed E-state index contributed by atoms with van der Waals surface area (Å²) in [7, 11) is 0. The summed E-state index contributed by atoms with van der Waals surface area (Å²) in [4.78, 5) is 8.43. The number of guanidine groups is 1. The number of aromatic nitrogens is 1. The third-order valence-corrected chi connectivity index (χ3v) is 3.49. The molecule has 3 aromatic rings. The van der Waals surface area contributed by atoms with Crippen LogP contribution in [-0.2, 0) is 6.42 Å². The molecule has 0 saturated carbocycles. The standard InChI is InChI=1S/C20H20N4O.HI/c21-20(23-13-11-16-6-5-12-22-15-16)24-17-7-4-10-19(14-17)25-18-8-2-1-3-9-18;/h1-10,12,14-15H,11,13H2,(H3,21,23,24);1H. The van der Waals surface area contributed by atoms with Crippen molar-refractivity contribution < 1.29 is 4.74 Å². The minimum absolute atomic E-state index is 0. The molecule has 26 heavy (non-hydrogen) atoms. The van der Waals surface area contributed by atoms with Crippen molar-refractivity contribution in [3.05, 3.63) is 84.7 Å². The molecule has 3 rings (SSSR count). The van der Waals surface area contributed by atoms with Crippen molar-refractivity contribution >= 4 is 35.6 Å². The van der Waals surface area contributed by atoms with Gasteiger partial charge in [0.15, 0.2) is 5.96 Å². The van der Waals surface area contributed by atoms with Gasteiger partial charge in [-0.25, -0.2) is 0 Å². The van der Waals surface area contributed by atoms with Gasteiger partial charge in [0.1, 0.15) is 11.5 Å². The highest BCUT2D eigenvalue weighted by Gasteiger charge is 2.00. The second kappa shape index (κ2) is 10.4. The van der Waals surface area contributed by atoms with Gasteiger partial charge in [0.05, 0.1) is 0 Å². The van der Waals surface area contributed by atoms with E-state index in [1.807, 2.05) is 72.9 Å². The third kappa shape index (κ3) is 6.36. The highest BCUT2D eigenvalue weighted by Crippen LogP contribution is 2.23. The third-order valence-electron chi connectivity index (χ3n) is 3.49. The van der Waals surface area contributed by atoms with Crippen molar-refractivity contribution in [1.29, 1.82) is 0 Å². The number of benzene rings is 2. The molecule has 0 amide bonds. The van der Waals surface area contributed by atoms with E-state index < -0.39 is 0 Å². The van der Waals surface area contributed by atoms with Gasteiger partial charge in [-0.2, -0.15) is 0 Å². The van der Waals surface area contributed by atoms with Crippen molar-refractivity contribution in [1.82, 2.24) is 4.98 Å². The van der Waals surface area contributed by atoms with Crippen LogP contribution in [0, 0.1) is 0 Å². The van der Waals surface area contributed by atoms with Crippen molar-refractivity contribution in [2.75, 3.05) is 11.9 Å². The van der Waals surface area contributed by atoms with Gasteiger partial charge < -0.3 is 15.8 Å². The van der Waals surface area contributed by atoms with Crippen LogP contribution in [0.4, 0.5) is 5.69 Å². The Balaban J connectivity index is 0.00000243. The molecule has 1 heterocycles. The molecule has 0 atom stereocenters. The number of nitrogens with zero attached hydrogens (tertiary/aromatic N) is 2. The maximum Gasteiger partial charge on any atom is 0.193 e. The topological polar surface area (TPSA) is 72.5 Å². The minimum atomic E-state index is 0. The van der Waals surface area contributed by atoms with E-state index in [0.717, 1.165) is 29.2 Å². The number of halogens is 1. The molecule has 0 spiro atoms. The van der Waals surface area contributed by atoms with Crippen molar-refractivity contribution in [3.8, 4) is 11.5 Å². The fourth-order valence-corrected chi connectivity index (χ4v) is 2.30. The molecule has 1 aromatic heterocycles. The number of nitrogens with two attached hydrogens (primary N) is 1. The quantitative estimate of drug-likeness (QED) is 0.324. The van der Waals surface area contributed by atoms with Gasteiger partial charge in [0, 0.05) is 30.7 Å². The number of hydrogen-bond donors (Lipinski definition) is 2. The van der Waals surface area contributed by atoms with Gasteiger partial charge in [-0.15, -0.1) is 24.0 Å². The largest absolute Gasteiger partial charge is 0.457 e. The molecule has 0 fully saturated rings. The average molecular weight is 460 g/mol. The van der Waals surface area contributed by atoms with Crippen molar-refractivity contribution in [3.63, 3.8) is 0 Å². The Labute approximate surface area is 170 Å². The monoisotopic (exact) mass is 460 g/mol. The summed E-state index contributed by atoms with van der Waals surface area (Å²) in [6, 6.07) is 21.2. The van der Waals surface area contributed by atoms with Gasteiger partial charge in [-0.05, 0) is 42.3 Å². The van der Waals surface area contributed by atoms with Crippen LogP contribution in [0.25, 0.3) is 0 Å². The SMILES string of the molecule is I.NC(=NCCc1cccnc1)Nc1cccc(Oc2ccccc2)c1. The van der Waals surface area contributed by atoms with Gasteiger partial charge in [0.25, 0.3) is 0 Å². The lowest BCUT2D eigenvalue weighted by Crippen LogP contribution is -2.23.